The third-order valence-electron chi connectivity index (χ3n) is 2.99. The Morgan fingerprint density at radius 3 is 2.33 bits per heavy atom. The molecule has 0 saturated heterocycles. The summed E-state index contributed by atoms with van der Waals surface area (Å²) < 4.78 is 5.95. The average Bonchev–Trinajstić information content (AvgIpc) is 2.99. The van der Waals surface area contributed by atoms with Gasteiger partial charge in [-0.05, 0) is 18.1 Å². The highest BCUT2D eigenvalue weighted by Crippen LogP contribution is 2.29. The van der Waals surface area contributed by atoms with Crippen LogP contribution < -0.4 is 0 Å². The summed E-state index contributed by atoms with van der Waals surface area (Å²) in [5, 5.41) is 5.97. The first-order valence-corrected chi connectivity index (χ1v) is 6.49. The Kier molecular flexibility index (Phi) is 3.58. The second kappa shape index (κ2) is 5.86. The molecule has 0 aliphatic carbocycles. The molecule has 1 heterocycles. The number of terminal acetylenes is 1. The van der Waals surface area contributed by atoms with Crippen molar-refractivity contribution in [3.8, 4) is 24.3 Å². The number of hydrogen-bond acceptors (Lipinski definition) is 3. The maximum atomic E-state index is 5.95. The summed E-state index contributed by atoms with van der Waals surface area (Å²) >= 11 is 0. The van der Waals surface area contributed by atoms with Crippen molar-refractivity contribution in [1.82, 2.24) is 5.01 Å². The van der Waals surface area contributed by atoms with Crippen LogP contribution in [0.1, 0.15) is 17.4 Å². The molecule has 0 fully saturated rings. The van der Waals surface area contributed by atoms with Crippen molar-refractivity contribution in [3.05, 3.63) is 71.8 Å². The molecular formula is C18H12N2O. The number of hydrazone groups is 1. The van der Waals surface area contributed by atoms with Crippen LogP contribution in [0.5, 0.6) is 0 Å². The lowest BCUT2D eigenvalue weighted by Crippen LogP contribution is -2.15. The molecule has 0 bridgehead atoms. The molecule has 3 rings (SSSR count). The molecule has 100 valence electrons. The zero-order valence-electron chi connectivity index (χ0n) is 11.2. The highest BCUT2D eigenvalue weighted by Gasteiger charge is 2.29. The minimum Gasteiger partial charge on any atom is -0.445 e. The van der Waals surface area contributed by atoms with E-state index in [1.807, 2.05) is 60.7 Å². The standard InChI is InChI=1S/C18H12N2O/c1-2-3-14-20-18(16-12-8-5-9-13-16)21-17(19-20)15-10-6-4-7-11-15/h1,4-13,18H. The van der Waals surface area contributed by atoms with Gasteiger partial charge in [-0.1, -0.05) is 48.5 Å². The summed E-state index contributed by atoms with van der Waals surface area (Å²) in [5.74, 6) is 5.41. The van der Waals surface area contributed by atoms with Crippen molar-refractivity contribution in [1.29, 1.82) is 0 Å². The van der Waals surface area contributed by atoms with Gasteiger partial charge in [0.15, 0.2) is 0 Å². The fraction of sp³-hybridized carbons (Fsp3) is 0.0556. The van der Waals surface area contributed by atoms with Gasteiger partial charge in [0.2, 0.25) is 12.1 Å². The van der Waals surface area contributed by atoms with E-state index in [0.29, 0.717) is 5.90 Å². The van der Waals surface area contributed by atoms with Gasteiger partial charge in [-0.3, -0.25) is 0 Å². The zero-order valence-corrected chi connectivity index (χ0v) is 11.2. The van der Waals surface area contributed by atoms with Crippen LogP contribution in [0.25, 0.3) is 0 Å². The van der Waals surface area contributed by atoms with E-state index in [1.165, 1.54) is 0 Å². The summed E-state index contributed by atoms with van der Waals surface area (Å²) in [5.41, 5.74) is 1.88. The average molecular weight is 272 g/mol. The Morgan fingerprint density at radius 2 is 1.67 bits per heavy atom. The van der Waals surface area contributed by atoms with E-state index in [4.69, 9.17) is 11.2 Å². The van der Waals surface area contributed by atoms with Crippen LogP contribution in [0.15, 0.2) is 65.8 Å². The van der Waals surface area contributed by atoms with E-state index < -0.39 is 0 Å². The molecule has 3 heteroatoms. The van der Waals surface area contributed by atoms with E-state index in [-0.39, 0.29) is 6.23 Å². The van der Waals surface area contributed by atoms with Gasteiger partial charge in [0.25, 0.3) is 0 Å². The van der Waals surface area contributed by atoms with Crippen LogP contribution in [0, 0.1) is 24.3 Å². The van der Waals surface area contributed by atoms with Crippen LogP contribution in [0.4, 0.5) is 0 Å². The molecule has 0 N–H and O–H groups in total. The molecule has 1 atom stereocenters. The molecule has 0 radical (unpaired) electrons. The molecule has 21 heavy (non-hydrogen) atoms. The van der Waals surface area contributed by atoms with Gasteiger partial charge in [-0.25, -0.2) is 0 Å². The number of rotatable bonds is 2. The summed E-state index contributed by atoms with van der Waals surface area (Å²) in [6, 6.07) is 22.3. The minimum absolute atomic E-state index is 0.387. The van der Waals surface area contributed by atoms with E-state index >= 15 is 0 Å². The highest BCUT2D eigenvalue weighted by molar-refractivity contribution is 5.94. The molecule has 2 aromatic carbocycles. The first-order valence-electron chi connectivity index (χ1n) is 6.49. The molecule has 3 nitrogen and oxygen atoms in total. The lowest BCUT2D eigenvalue weighted by atomic mass is 10.2. The Bertz CT molecular complexity index is 749. The van der Waals surface area contributed by atoms with Crippen molar-refractivity contribution in [3.63, 3.8) is 0 Å². The summed E-state index contributed by atoms with van der Waals surface area (Å²) in [4.78, 5) is 0. The molecule has 1 unspecified atom stereocenters. The largest absolute Gasteiger partial charge is 0.445 e. The van der Waals surface area contributed by atoms with Crippen LogP contribution in [-0.4, -0.2) is 10.9 Å². The van der Waals surface area contributed by atoms with Gasteiger partial charge < -0.3 is 4.74 Å². The molecule has 1 aliphatic heterocycles. The van der Waals surface area contributed by atoms with Crippen molar-refractivity contribution >= 4 is 5.90 Å². The van der Waals surface area contributed by atoms with Crippen molar-refractivity contribution in [2.45, 2.75) is 6.23 Å². The van der Waals surface area contributed by atoms with E-state index in [9.17, 15) is 0 Å². The SMILES string of the molecule is C#CC#CN1N=C(c2ccccc2)OC1c1ccccc1. The van der Waals surface area contributed by atoms with Crippen LogP contribution >= 0.6 is 0 Å². The van der Waals surface area contributed by atoms with E-state index in [1.54, 1.807) is 5.01 Å². The fourth-order valence-corrected chi connectivity index (χ4v) is 2.04. The first-order chi connectivity index (χ1) is 10.4. The maximum Gasteiger partial charge on any atom is 0.241 e. The van der Waals surface area contributed by atoms with Crippen LogP contribution in [0.2, 0.25) is 0 Å². The van der Waals surface area contributed by atoms with Gasteiger partial charge in [0, 0.05) is 23.1 Å². The first kappa shape index (κ1) is 12.8. The number of nitrogens with zero attached hydrogens (tertiary/aromatic N) is 2. The van der Waals surface area contributed by atoms with Gasteiger partial charge in [-0.15, -0.1) is 11.5 Å². The molecular weight excluding hydrogens is 260 g/mol. The smallest absolute Gasteiger partial charge is 0.241 e. The van der Waals surface area contributed by atoms with Crippen molar-refractivity contribution in [2.24, 2.45) is 5.10 Å². The zero-order chi connectivity index (χ0) is 14.5. The Labute approximate surface area is 123 Å². The normalized spacial score (nSPS) is 16.2. The lowest BCUT2D eigenvalue weighted by Gasteiger charge is -2.16. The van der Waals surface area contributed by atoms with Gasteiger partial charge in [0.1, 0.15) is 0 Å². The van der Waals surface area contributed by atoms with E-state index in [2.05, 4.69) is 23.0 Å². The topological polar surface area (TPSA) is 24.8 Å². The van der Waals surface area contributed by atoms with Crippen LogP contribution in [0.3, 0.4) is 0 Å². The summed E-state index contributed by atoms with van der Waals surface area (Å²) in [7, 11) is 0. The second-order valence-electron chi connectivity index (χ2n) is 4.38. The Morgan fingerprint density at radius 1 is 1.00 bits per heavy atom. The molecule has 0 spiro atoms. The van der Waals surface area contributed by atoms with Crippen LogP contribution in [-0.2, 0) is 4.74 Å². The van der Waals surface area contributed by atoms with Gasteiger partial charge in [0.05, 0.1) is 0 Å². The maximum absolute atomic E-state index is 5.95. The second-order valence-corrected chi connectivity index (χ2v) is 4.38. The Hall–Kier alpha value is -3.17. The Balaban J connectivity index is 1.95. The summed E-state index contributed by atoms with van der Waals surface area (Å²) in [6.45, 7) is 0. The summed E-state index contributed by atoms with van der Waals surface area (Å²) in [6.07, 6.45) is 4.81. The predicted molar refractivity (Wildman–Crippen MR) is 81.7 cm³/mol. The molecule has 0 amide bonds. The van der Waals surface area contributed by atoms with E-state index in [0.717, 1.165) is 11.1 Å². The third kappa shape index (κ3) is 2.73. The predicted octanol–water partition coefficient (Wildman–Crippen LogP) is 2.97. The number of benzene rings is 2. The number of hydrogen-bond donors (Lipinski definition) is 0. The highest BCUT2D eigenvalue weighted by atomic mass is 16.5. The fourth-order valence-electron chi connectivity index (χ4n) is 2.04. The number of ether oxygens (including phenoxy) is 1. The van der Waals surface area contributed by atoms with Crippen molar-refractivity contribution < 1.29 is 4.74 Å². The molecule has 1 aliphatic rings. The van der Waals surface area contributed by atoms with Gasteiger partial charge >= 0.3 is 0 Å². The quantitative estimate of drug-likeness (QED) is 0.785. The molecule has 0 aromatic heterocycles. The molecule has 0 saturated carbocycles. The minimum atomic E-state index is -0.387. The monoisotopic (exact) mass is 272 g/mol. The van der Waals surface area contributed by atoms with Gasteiger partial charge in [-0.2, -0.15) is 5.01 Å². The van der Waals surface area contributed by atoms with Crippen molar-refractivity contribution in [2.75, 3.05) is 0 Å². The third-order valence-corrected chi connectivity index (χ3v) is 2.99. The lowest BCUT2D eigenvalue weighted by molar-refractivity contribution is 0.103. The molecule has 2 aromatic rings.